The first kappa shape index (κ1) is 28.2. The van der Waals surface area contributed by atoms with E-state index in [-0.39, 0.29) is 0 Å². The van der Waals surface area contributed by atoms with E-state index in [0.717, 1.165) is 32.7 Å². The first-order valence-electron chi connectivity index (χ1n) is 17.6. The molecule has 0 aliphatic rings. The van der Waals surface area contributed by atoms with Crippen molar-refractivity contribution in [3.63, 3.8) is 0 Å². The lowest BCUT2D eigenvalue weighted by Crippen LogP contribution is -1.92. The zero-order valence-electron chi connectivity index (χ0n) is 27.7. The normalized spacial score (nSPS) is 11.9. The number of benzene rings is 10. The van der Waals surface area contributed by atoms with Crippen molar-refractivity contribution in [1.82, 2.24) is 0 Å². The van der Waals surface area contributed by atoms with Gasteiger partial charge in [0.15, 0.2) is 0 Å². The van der Waals surface area contributed by atoms with Gasteiger partial charge < -0.3 is 4.42 Å². The Kier molecular flexibility index (Phi) is 6.02. The van der Waals surface area contributed by atoms with Crippen LogP contribution in [0.2, 0.25) is 0 Å². The maximum Gasteiger partial charge on any atom is 0.143 e. The van der Waals surface area contributed by atoms with E-state index in [1.165, 1.54) is 76.5 Å². The van der Waals surface area contributed by atoms with Crippen molar-refractivity contribution in [1.29, 1.82) is 0 Å². The third-order valence-electron chi connectivity index (χ3n) is 10.8. The minimum absolute atomic E-state index is 0.939. The van der Waals surface area contributed by atoms with E-state index in [2.05, 4.69) is 182 Å². The van der Waals surface area contributed by atoms with Crippen molar-refractivity contribution in [2.45, 2.75) is 0 Å². The molecule has 0 aliphatic heterocycles. The fourth-order valence-corrected chi connectivity index (χ4v) is 8.59. The van der Waals surface area contributed by atoms with E-state index in [4.69, 9.17) is 4.42 Å². The fraction of sp³-hybridized carbons (Fsp3) is 0. The van der Waals surface area contributed by atoms with Gasteiger partial charge in [0.05, 0.1) is 0 Å². The van der Waals surface area contributed by atoms with Crippen LogP contribution in [-0.2, 0) is 0 Å². The summed E-state index contributed by atoms with van der Waals surface area (Å²) in [5, 5.41) is 14.4. The van der Waals surface area contributed by atoms with Gasteiger partial charge in [-0.1, -0.05) is 164 Å². The van der Waals surface area contributed by atoms with Crippen LogP contribution >= 0.6 is 0 Å². The summed E-state index contributed by atoms with van der Waals surface area (Å²) in [6.07, 6.45) is 0. The highest BCUT2D eigenvalue weighted by Gasteiger charge is 2.23. The monoisotopic (exact) mass is 646 g/mol. The highest BCUT2D eigenvalue weighted by atomic mass is 16.3. The fourth-order valence-electron chi connectivity index (χ4n) is 8.59. The van der Waals surface area contributed by atoms with E-state index in [0.29, 0.717) is 0 Å². The molecule has 236 valence electrons. The van der Waals surface area contributed by atoms with Gasteiger partial charge in [-0.3, -0.25) is 0 Å². The molecule has 0 atom stereocenters. The van der Waals surface area contributed by atoms with Gasteiger partial charge in [0.2, 0.25) is 0 Å². The number of hydrogen-bond acceptors (Lipinski definition) is 1. The highest BCUT2D eigenvalue weighted by Crippen LogP contribution is 2.49. The van der Waals surface area contributed by atoms with Gasteiger partial charge in [-0.05, 0) is 94.7 Å². The van der Waals surface area contributed by atoms with Crippen LogP contribution < -0.4 is 0 Å². The molecular formula is C50H30O. The third kappa shape index (κ3) is 4.16. The van der Waals surface area contributed by atoms with E-state index in [9.17, 15) is 0 Å². The lowest BCUT2D eigenvalue weighted by molar-refractivity contribution is 0.676. The van der Waals surface area contributed by atoms with Gasteiger partial charge in [-0.15, -0.1) is 0 Å². The van der Waals surface area contributed by atoms with Crippen molar-refractivity contribution in [2.75, 3.05) is 0 Å². The molecule has 0 unspecified atom stereocenters. The Morgan fingerprint density at radius 2 is 0.784 bits per heavy atom. The molecule has 11 aromatic rings. The van der Waals surface area contributed by atoms with Crippen LogP contribution in [0.3, 0.4) is 0 Å². The number of fused-ring (bicyclic) bond motifs is 10. The van der Waals surface area contributed by atoms with Crippen LogP contribution in [0.4, 0.5) is 0 Å². The third-order valence-corrected chi connectivity index (χ3v) is 10.8. The second-order valence-corrected chi connectivity index (χ2v) is 13.6. The van der Waals surface area contributed by atoms with Crippen LogP contribution in [0.15, 0.2) is 186 Å². The molecule has 0 aliphatic carbocycles. The predicted molar refractivity (Wildman–Crippen MR) is 218 cm³/mol. The summed E-state index contributed by atoms with van der Waals surface area (Å²) in [4.78, 5) is 0. The molecular weight excluding hydrogens is 617 g/mol. The van der Waals surface area contributed by atoms with Crippen LogP contribution in [-0.4, -0.2) is 0 Å². The van der Waals surface area contributed by atoms with Crippen molar-refractivity contribution in [3.8, 4) is 33.4 Å². The Bertz CT molecular complexity index is 3130. The first-order valence-corrected chi connectivity index (χ1v) is 17.6. The van der Waals surface area contributed by atoms with Crippen molar-refractivity contribution >= 4 is 75.8 Å². The second kappa shape index (κ2) is 10.9. The molecule has 0 saturated carbocycles. The van der Waals surface area contributed by atoms with Crippen LogP contribution in [0.5, 0.6) is 0 Å². The van der Waals surface area contributed by atoms with Crippen LogP contribution in [0.25, 0.3) is 109 Å². The smallest absolute Gasteiger partial charge is 0.143 e. The van der Waals surface area contributed by atoms with Gasteiger partial charge in [-0.25, -0.2) is 0 Å². The minimum Gasteiger partial charge on any atom is -0.455 e. The van der Waals surface area contributed by atoms with Gasteiger partial charge in [0.25, 0.3) is 0 Å². The SMILES string of the molecule is c1cc(-c2cccc3ccccc23)cc(-c2c3ccccc3c(-c3cc4ccccc4c4oc5c6ccccc6ccc5c34)c3ccccc23)c1. The summed E-state index contributed by atoms with van der Waals surface area (Å²) in [5.41, 5.74) is 9.25. The average molecular weight is 647 g/mol. The van der Waals surface area contributed by atoms with E-state index in [1.54, 1.807) is 0 Å². The van der Waals surface area contributed by atoms with E-state index in [1.807, 2.05) is 0 Å². The van der Waals surface area contributed by atoms with E-state index < -0.39 is 0 Å². The molecule has 0 bridgehead atoms. The zero-order valence-corrected chi connectivity index (χ0v) is 27.7. The summed E-state index contributed by atoms with van der Waals surface area (Å²) >= 11 is 0. The first-order chi connectivity index (χ1) is 25.3. The predicted octanol–water partition coefficient (Wildman–Crippen LogP) is 14.4. The quantitative estimate of drug-likeness (QED) is 0.174. The van der Waals surface area contributed by atoms with Gasteiger partial charge in [0, 0.05) is 21.5 Å². The Hall–Kier alpha value is -6.70. The molecule has 0 radical (unpaired) electrons. The summed E-state index contributed by atoms with van der Waals surface area (Å²) in [6, 6.07) is 66.3. The molecule has 1 nitrogen and oxygen atoms in total. The molecule has 0 spiro atoms. The lowest BCUT2D eigenvalue weighted by atomic mass is 9.83. The molecule has 10 aromatic carbocycles. The Morgan fingerprint density at radius 3 is 1.49 bits per heavy atom. The maximum atomic E-state index is 6.94. The maximum absolute atomic E-state index is 6.94. The average Bonchev–Trinajstić information content (AvgIpc) is 3.60. The van der Waals surface area contributed by atoms with Gasteiger partial charge in [0.1, 0.15) is 11.2 Å². The lowest BCUT2D eigenvalue weighted by Gasteiger charge is -2.19. The van der Waals surface area contributed by atoms with Crippen LogP contribution in [0, 0.1) is 0 Å². The van der Waals surface area contributed by atoms with E-state index >= 15 is 0 Å². The Labute approximate surface area is 294 Å². The molecule has 51 heavy (non-hydrogen) atoms. The van der Waals surface area contributed by atoms with Gasteiger partial charge >= 0.3 is 0 Å². The number of furan rings is 1. The second-order valence-electron chi connectivity index (χ2n) is 13.6. The summed E-state index contributed by atoms with van der Waals surface area (Å²) in [6.45, 7) is 0. The largest absolute Gasteiger partial charge is 0.455 e. The Morgan fingerprint density at radius 1 is 0.275 bits per heavy atom. The van der Waals surface area contributed by atoms with Crippen LogP contribution in [0.1, 0.15) is 0 Å². The topological polar surface area (TPSA) is 13.1 Å². The minimum atomic E-state index is 0.939. The van der Waals surface area contributed by atoms with Crippen molar-refractivity contribution in [2.24, 2.45) is 0 Å². The molecule has 0 fully saturated rings. The molecule has 0 N–H and O–H groups in total. The summed E-state index contributed by atoms with van der Waals surface area (Å²) in [7, 11) is 0. The molecule has 1 heterocycles. The highest BCUT2D eigenvalue weighted by molar-refractivity contribution is 6.30. The molecule has 1 aromatic heterocycles. The molecule has 11 rings (SSSR count). The summed E-state index contributed by atoms with van der Waals surface area (Å²) in [5.74, 6) is 0. The van der Waals surface area contributed by atoms with Gasteiger partial charge in [-0.2, -0.15) is 0 Å². The molecule has 1 heteroatoms. The summed E-state index contributed by atoms with van der Waals surface area (Å²) < 4.78 is 6.94. The number of hydrogen-bond donors (Lipinski definition) is 0. The number of rotatable bonds is 3. The molecule has 0 amide bonds. The zero-order chi connectivity index (χ0) is 33.5. The van der Waals surface area contributed by atoms with Crippen molar-refractivity contribution < 1.29 is 4.42 Å². The standard InChI is InChI=1S/C50H30O/c1-4-19-36-31(13-1)16-12-26-37(36)33-17-11-18-35(29-33)46-40-22-7-9-24-42(40)47(43-25-10-8-23-41(43)46)45-30-34-15-3-6-21-39(34)50-48(45)44-28-27-32-14-2-5-20-38(32)49(44)51-50/h1-30H. The Balaban J connectivity index is 1.25. The van der Waals surface area contributed by atoms with Crippen molar-refractivity contribution in [3.05, 3.63) is 182 Å². The molecule has 0 saturated heterocycles.